The van der Waals surface area contributed by atoms with Crippen LogP contribution in [0.1, 0.15) is 79.2 Å². The molecule has 31 heteroatoms. The van der Waals surface area contributed by atoms with E-state index >= 15 is 0 Å². The second kappa shape index (κ2) is 34.4. The van der Waals surface area contributed by atoms with Crippen molar-refractivity contribution in [1.82, 2.24) is 47.9 Å². The average molecular weight is 1130 g/mol. The first-order valence-corrected chi connectivity index (χ1v) is 26.0. The predicted octanol–water partition coefficient (Wildman–Crippen LogP) is -6.17. The van der Waals surface area contributed by atoms with Crippen molar-refractivity contribution in [2.24, 2.45) is 28.1 Å². The molecule has 9 amide bonds. The number of nitrogens with one attached hydrogen (secondary N) is 9. The number of aromatic hydroxyl groups is 1. The van der Waals surface area contributed by atoms with Gasteiger partial charge in [-0.2, -0.15) is 11.8 Å². The normalized spacial score (nSPS) is 15.7. The minimum absolute atomic E-state index is 0.0263. The summed E-state index contributed by atoms with van der Waals surface area (Å²) in [4.78, 5) is 148. The molecule has 1 aromatic carbocycles. The maximum Gasteiger partial charge on any atom is 0.326 e. The molecule has 0 saturated carbocycles. The van der Waals surface area contributed by atoms with Crippen molar-refractivity contribution in [1.29, 1.82) is 0 Å². The van der Waals surface area contributed by atoms with Gasteiger partial charge < -0.3 is 95.7 Å². The van der Waals surface area contributed by atoms with E-state index in [0.717, 1.165) is 13.8 Å². The Kier molecular flexibility index (Phi) is 30.3. The molecule has 1 aromatic rings. The third-order valence-corrected chi connectivity index (χ3v) is 12.0. The zero-order valence-electron chi connectivity index (χ0n) is 44.4. The Morgan fingerprint density at radius 3 is 1.49 bits per heavy atom. The lowest BCUT2D eigenvalue weighted by molar-refractivity contribution is -0.143. The van der Waals surface area contributed by atoms with Gasteiger partial charge in [0, 0.05) is 13.0 Å². The topological polar surface area (TPSA) is 508 Å². The van der Waals surface area contributed by atoms with Gasteiger partial charge in [0.1, 0.15) is 66.2 Å². The molecule has 1 rings (SSSR count). The van der Waals surface area contributed by atoms with Gasteiger partial charge in [-0.25, -0.2) is 4.79 Å². The number of rotatable bonds is 35. The van der Waals surface area contributed by atoms with Gasteiger partial charge in [0.25, 0.3) is 0 Å². The van der Waals surface area contributed by atoms with E-state index in [4.69, 9.17) is 17.2 Å². The molecule has 21 N–H and O–H groups in total. The molecule has 0 radical (unpaired) electrons. The summed E-state index contributed by atoms with van der Waals surface area (Å²) < 4.78 is 0. The Morgan fingerprint density at radius 1 is 0.577 bits per heavy atom. The van der Waals surface area contributed by atoms with E-state index in [1.165, 1.54) is 49.9 Å². The molecule has 0 spiro atoms. The van der Waals surface area contributed by atoms with Crippen LogP contribution < -0.4 is 65.1 Å². The first-order valence-electron chi connectivity index (χ1n) is 24.6. The fourth-order valence-electron chi connectivity index (χ4n) is 6.99. The third-order valence-electron chi connectivity index (χ3n) is 11.3. The summed E-state index contributed by atoms with van der Waals surface area (Å²) >= 11 is 1.25. The summed E-state index contributed by atoms with van der Waals surface area (Å²) in [5.41, 5.74) is 16.8. The molecule has 0 unspecified atom stereocenters. The Bertz CT molecular complexity index is 2250. The maximum absolute atomic E-state index is 13.8. The first-order chi connectivity index (χ1) is 36.4. The van der Waals surface area contributed by atoms with E-state index in [1.807, 2.05) is 0 Å². The summed E-state index contributed by atoms with van der Waals surface area (Å²) in [6.45, 7) is 7.45. The number of nitrogens with two attached hydrogens (primary N) is 3. The van der Waals surface area contributed by atoms with Gasteiger partial charge in [-0.15, -0.1) is 0 Å². The zero-order chi connectivity index (χ0) is 59.6. The largest absolute Gasteiger partial charge is 0.508 e. The van der Waals surface area contributed by atoms with E-state index in [-0.39, 0.29) is 62.0 Å². The molecule has 30 nitrogen and oxygen atoms in total. The second-order valence-corrected chi connectivity index (χ2v) is 19.7. The standard InChI is InChI=1S/C47H77N13O17S/c1-21(2)17-31(56-39(69)28(48)20-61)42(72)52-22(3)37(67)54-29(9-8-15-51-47(49)50)41(71)59-36(25(6)63)45(75)60-35(24(5)62)44(74)53-23(4)38(68)55-30(14-16-78-7)40(70)57-32(19-34(65)66)43(73)58-33(46(76)77)18-26-10-12-27(64)13-11-26/h10-13,21-25,28-33,35-36,61-64H,8-9,14-20,48H2,1-7H3,(H,52,72)(H,53,74)(H,54,67)(H,55,68)(H,56,69)(H,57,70)(H,58,73)(H,59,71)(H,60,75)(H,65,66)(H,76,77)(H4,49,50,51)/t22-,23-,24+,25+,28-,29-,30-,31-,32-,33-,35-,36-/m0/s1. The van der Waals surface area contributed by atoms with Gasteiger partial charge >= 0.3 is 11.9 Å². The number of guanidine groups is 1. The molecule has 438 valence electrons. The Balaban J connectivity index is 3.26. The zero-order valence-corrected chi connectivity index (χ0v) is 45.3. The van der Waals surface area contributed by atoms with Crippen molar-refractivity contribution in [3.63, 3.8) is 0 Å². The number of phenolic OH excluding ortho intramolecular Hbond substituents is 1. The minimum Gasteiger partial charge on any atom is -0.508 e. The highest BCUT2D eigenvalue weighted by Gasteiger charge is 2.37. The number of aliphatic carboxylic acids is 2. The number of aliphatic hydroxyl groups excluding tert-OH is 3. The molecule has 0 aliphatic carbocycles. The van der Waals surface area contributed by atoms with Crippen molar-refractivity contribution in [3.8, 4) is 5.75 Å². The fraction of sp³-hybridized carbons (Fsp3) is 0.617. The summed E-state index contributed by atoms with van der Waals surface area (Å²) in [5.74, 6) is -12.6. The summed E-state index contributed by atoms with van der Waals surface area (Å²) in [6.07, 6.45) is -3.11. The monoisotopic (exact) mass is 1130 g/mol. The van der Waals surface area contributed by atoms with E-state index in [0.29, 0.717) is 5.56 Å². The molecule has 0 aromatic heterocycles. The number of carbonyl (C=O) groups excluding carboxylic acids is 9. The van der Waals surface area contributed by atoms with Crippen LogP contribution in [0.5, 0.6) is 5.75 Å². The summed E-state index contributed by atoms with van der Waals surface area (Å²) in [7, 11) is 0. The third kappa shape index (κ3) is 25.2. The number of aliphatic hydroxyl groups is 3. The van der Waals surface area contributed by atoms with Crippen LogP contribution in [0, 0.1) is 5.92 Å². The average Bonchev–Trinajstić information content (AvgIpc) is 3.35. The van der Waals surface area contributed by atoms with Crippen LogP contribution in [0.4, 0.5) is 0 Å². The van der Waals surface area contributed by atoms with Crippen LogP contribution in [0.15, 0.2) is 29.3 Å². The number of thioether (sulfide) groups is 1. The Hall–Kier alpha value is -7.35. The molecular formula is C47H77N13O17S. The summed E-state index contributed by atoms with van der Waals surface area (Å²) in [6, 6.07) is -10.1. The molecule has 0 aliphatic heterocycles. The van der Waals surface area contributed by atoms with E-state index in [9.17, 15) is 83.4 Å². The molecule has 0 heterocycles. The fourth-order valence-corrected chi connectivity index (χ4v) is 7.46. The van der Waals surface area contributed by atoms with Gasteiger partial charge in [0.15, 0.2) is 5.96 Å². The van der Waals surface area contributed by atoms with Gasteiger partial charge in [-0.05, 0) is 89.0 Å². The number of carboxylic acid groups (broad SMARTS) is 2. The van der Waals surface area contributed by atoms with Crippen molar-refractivity contribution >= 4 is 82.8 Å². The van der Waals surface area contributed by atoms with Gasteiger partial charge in [-0.3, -0.25) is 52.9 Å². The quantitative estimate of drug-likeness (QED) is 0.0171. The van der Waals surface area contributed by atoms with Crippen LogP contribution in [0.3, 0.4) is 0 Å². The van der Waals surface area contributed by atoms with E-state index < -0.39 is 151 Å². The number of amides is 9. The number of carbonyl (C=O) groups is 11. The Labute approximate surface area is 454 Å². The Morgan fingerprint density at radius 2 is 1.01 bits per heavy atom. The predicted molar refractivity (Wildman–Crippen MR) is 281 cm³/mol. The highest BCUT2D eigenvalue weighted by atomic mass is 32.2. The molecule has 0 aliphatic rings. The first kappa shape index (κ1) is 68.7. The molecule has 0 saturated heterocycles. The lowest BCUT2D eigenvalue weighted by atomic mass is 10.0. The molecular weight excluding hydrogens is 1050 g/mol. The van der Waals surface area contributed by atoms with Crippen molar-refractivity contribution in [3.05, 3.63) is 29.8 Å². The van der Waals surface area contributed by atoms with Crippen LogP contribution in [-0.4, -0.2) is 199 Å². The molecule has 78 heavy (non-hydrogen) atoms. The number of phenols is 1. The number of nitrogens with zero attached hydrogens (tertiary/aromatic N) is 1. The highest BCUT2D eigenvalue weighted by Crippen LogP contribution is 2.13. The number of hydrogen-bond acceptors (Lipinski definition) is 18. The van der Waals surface area contributed by atoms with Gasteiger partial charge in [0.2, 0.25) is 53.2 Å². The molecule has 12 atom stereocenters. The lowest BCUT2D eigenvalue weighted by Crippen LogP contribution is -2.63. The van der Waals surface area contributed by atoms with Gasteiger partial charge in [-0.1, -0.05) is 26.0 Å². The molecule has 0 bridgehead atoms. The van der Waals surface area contributed by atoms with Gasteiger partial charge in [0.05, 0.1) is 25.2 Å². The van der Waals surface area contributed by atoms with Crippen molar-refractivity contribution in [2.45, 2.75) is 153 Å². The number of hydrogen-bond donors (Lipinski definition) is 18. The number of aliphatic imine (C=N–C) groups is 1. The second-order valence-electron chi connectivity index (χ2n) is 18.7. The van der Waals surface area contributed by atoms with Crippen LogP contribution in [0.2, 0.25) is 0 Å². The van der Waals surface area contributed by atoms with E-state index in [2.05, 4.69) is 52.8 Å². The highest BCUT2D eigenvalue weighted by molar-refractivity contribution is 7.98. The minimum atomic E-state index is -1.87. The van der Waals surface area contributed by atoms with Crippen LogP contribution >= 0.6 is 11.8 Å². The SMILES string of the molecule is CSCC[C@H](NC(=O)[C@H](C)NC(=O)[C@@H](NC(=O)[C@@H](NC(=O)[C@H](CCCN=C(N)N)NC(=O)[C@H](C)NC(=O)[C@H](CC(C)C)NC(=O)[C@@H](N)CO)[C@@H](C)O)[C@@H](C)O)C(=O)N[C@@H](CC(=O)O)C(=O)N[C@@H](Cc1ccc(O)cc1)C(=O)O. The van der Waals surface area contributed by atoms with E-state index in [1.54, 1.807) is 20.1 Å². The molecule has 0 fully saturated rings. The maximum atomic E-state index is 13.8. The number of carboxylic acids is 2. The number of benzene rings is 1. The smallest absolute Gasteiger partial charge is 0.326 e. The van der Waals surface area contributed by atoms with Crippen molar-refractivity contribution in [2.75, 3.05) is 25.2 Å². The van der Waals surface area contributed by atoms with Crippen LogP contribution in [-0.2, 0) is 59.2 Å². The van der Waals surface area contributed by atoms with Crippen LogP contribution in [0.25, 0.3) is 0 Å². The summed E-state index contributed by atoms with van der Waals surface area (Å²) in [5, 5.41) is 80.5. The van der Waals surface area contributed by atoms with Crippen molar-refractivity contribution < 1.29 is 83.4 Å². The lowest BCUT2D eigenvalue weighted by Gasteiger charge is -2.29.